The molecule has 1 heterocycles. The number of rotatable bonds is 4. The number of piperidine rings is 1. The SMILES string of the molecule is COC(CNC(=O)C1CCCNC1)C(C)(C)C. The van der Waals surface area contributed by atoms with Crippen LogP contribution in [0.25, 0.3) is 0 Å². The minimum Gasteiger partial charge on any atom is -0.379 e. The van der Waals surface area contributed by atoms with E-state index in [0.717, 1.165) is 25.9 Å². The summed E-state index contributed by atoms with van der Waals surface area (Å²) in [6.45, 7) is 8.79. The van der Waals surface area contributed by atoms with Crippen molar-refractivity contribution in [2.75, 3.05) is 26.7 Å². The van der Waals surface area contributed by atoms with Crippen molar-refractivity contribution in [1.29, 1.82) is 0 Å². The summed E-state index contributed by atoms with van der Waals surface area (Å²) < 4.78 is 5.42. The quantitative estimate of drug-likeness (QED) is 0.778. The second-order valence-corrected chi connectivity index (χ2v) is 5.88. The van der Waals surface area contributed by atoms with E-state index in [1.165, 1.54) is 0 Å². The zero-order chi connectivity index (χ0) is 12.9. The third-order valence-electron chi connectivity index (χ3n) is 3.38. The number of amides is 1. The fourth-order valence-electron chi connectivity index (χ4n) is 2.16. The van der Waals surface area contributed by atoms with E-state index < -0.39 is 0 Å². The first-order valence-corrected chi connectivity index (χ1v) is 6.46. The van der Waals surface area contributed by atoms with Crippen molar-refractivity contribution in [1.82, 2.24) is 10.6 Å². The lowest BCUT2D eigenvalue weighted by Crippen LogP contribution is -2.45. The van der Waals surface area contributed by atoms with Crippen LogP contribution in [0.4, 0.5) is 0 Å². The van der Waals surface area contributed by atoms with E-state index in [1.54, 1.807) is 7.11 Å². The molecular weight excluding hydrogens is 216 g/mol. The first-order valence-electron chi connectivity index (χ1n) is 6.46. The van der Waals surface area contributed by atoms with Crippen LogP contribution in [0.5, 0.6) is 0 Å². The summed E-state index contributed by atoms with van der Waals surface area (Å²) in [5.41, 5.74) is 0.0485. The van der Waals surface area contributed by atoms with Crippen LogP contribution >= 0.6 is 0 Å². The van der Waals surface area contributed by atoms with Gasteiger partial charge in [0.15, 0.2) is 0 Å². The molecule has 2 atom stereocenters. The smallest absolute Gasteiger partial charge is 0.224 e. The molecule has 2 unspecified atom stereocenters. The van der Waals surface area contributed by atoms with Gasteiger partial charge in [0.25, 0.3) is 0 Å². The van der Waals surface area contributed by atoms with Crippen LogP contribution in [-0.2, 0) is 9.53 Å². The summed E-state index contributed by atoms with van der Waals surface area (Å²) in [6.07, 6.45) is 2.14. The molecule has 17 heavy (non-hydrogen) atoms. The first kappa shape index (κ1) is 14.5. The highest BCUT2D eigenvalue weighted by Crippen LogP contribution is 2.21. The highest BCUT2D eigenvalue weighted by atomic mass is 16.5. The van der Waals surface area contributed by atoms with Gasteiger partial charge in [0.2, 0.25) is 5.91 Å². The lowest BCUT2D eigenvalue weighted by Gasteiger charge is -2.30. The van der Waals surface area contributed by atoms with Gasteiger partial charge in [-0.3, -0.25) is 4.79 Å². The summed E-state index contributed by atoms with van der Waals surface area (Å²) in [4.78, 5) is 11.9. The standard InChI is InChI=1S/C13H26N2O2/c1-13(2,3)11(17-4)9-15-12(16)10-6-5-7-14-8-10/h10-11,14H,5-9H2,1-4H3,(H,15,16). The fraction of sp³-hybridized carbons (Fsp3) is 0.923. The first-order chi connectivity index (χ1) is 7.95. The van der Waals surface area contributed by atoms with Gasteiger partial charge >= 0.3 is 0 Å². The van der Waals surface area contributed by atoms with E-state index in [2.05, 4.69) is 31.4 Å². The Morgan fingerprint density at radius 3 is 2.71 bits per heavy atom. The van der Waals surface area contributed by atoms with E-state index >= 15 is 0 Å². The van der Waals surface area contributed by atoms with Gasteiger partial charge in [-0.1, -0.05) is 20.8 Å². The molecule has 4 heteroatoms. The second kappa shape index (κ2) is 6.36. The maximum absolute atomic E-state index is 11.9. The number of nitrogens with one attached hydrogen (secondary N) is 2. The Bertz CT molecular complexity index is 242. The average molecular weight is 242 g/mol. The van der Waals surface area contributed by atoms with Crippen molar-refractivity contribution < 1.29 is 9.53 Å². The highest BCUT2D eigenvalue weighted by molar-refractivity contribution is 5.79. The summed E-state index contributed by atoms with van der Waals surface area (Å²) in [5, 5.41) is 6.26. The van der Waals surface area contributed by atoms with Crippen LogP contribution < -0.4 is 10.6 Å². The maximum Gasteiger partial charge on any atom is 0.224 e. The molecule has 1 saturated heterocycles. The van der Waals surface area contributed by atoms with Crippen LogP contribution in [0.3, 0.4) is 0 Å². The fourth-order valence-corrected chi connectivity index (χ4v) is 2.16. The lowest BCUT2D eigenvalue weighted by molar-refractivity contribution is -0.126. The van der Waals surface area contributed by atoms with Gasteiger partial charge < -0.3 is 15.4 Å². The number of hydrogen-bond acceptors (Lipinski definition) is 3. The van der Waals surface area contributed by atoms with E-state index in [1.807, 2.05) is 0 Å². The Balaban J connectivity index is 2.35. The van der Waals surface area contributed by atoms with Crippen LogP contribution in [0.15, 0.2) is 0 Å². The van der Waals surface area contributed by atoms with Gasteiger partial charge in [-0.2, -0.15) is 0 Å². The molecule has 1 amide bonds. The summed E-state index contributed by atoms with van der Waals surface area (Å²) in [7, 11) is 1.70. The van der Waals surface area contributed by atoms with E-state index in [9.17, 15) is 4.79 Å². The molecule has 0 saturated carbocycles. The lowest BCUT2D eigenvalue weighted by atomic mass is 9.88. The van der Waals surface area contributed by atoms with Gasteiger partial charge in [-0.05, 0) is 24.8 Å². The molecule has 0 aromatic heterocycles. The van der Waals surface area contributed by atoms with Crippen LogP contribution in [0.2, 0.25) is 0 Å². The number of carbonyl (C=O) groups excluding carboxylic acids is 1. The minimum atomic E-state index is 0.0485. The predicted octanol–water partition coefficient (Wildman–Crippen LogP) is 1.16. The van der Waals surface area contributed by atoms with Crippen LogP contribution in [0, 0.1) is 11.3 Å². The van der Waals surface area contributed by atoms with Crippen molar-refractivity contribution in [3.63, 3.8) is 0 Å². The zero-order valence-electron chi connectivity index (χ0n) is 11.5. The van der Waals surface area contributed by atoms with Crippen LogP contribution in [0.1, 0.15) is 33.6 Å². The minimum absolute atomic E-state index is 0.0485. The van der Waals surface area contributed by atoms with Crippen molar-refractivity contribution >= 4 is 5.91 Å². The monoisotopic (exact) mass is 242 g/mol. The van der Waals surface area contributed by atoms with Crippen molar-refractivity contribution in [2.45, 2.75) is 39.7 Å². The number of ether oxygens (including phenoxy) is 1. The topological polar surface area (TPSA) is 50.4 Å². The molecule has 2 N–H and O–H groups in total. The molecule has 1 rings (SSSR count). The van der Waals surface area contributed by atoms with Gasteiger partial charge in [0.1, 0.15) is 0 Å². The molecule has 0 aromatic rings. The van der Waals surface area contributed by atoms with Gasteiger partial charge in [0.05, 0.1) is 12.0 Å². The Kier molecular flexibility index (Phi) is 5.40. The van der Waals surface area contributed by atoms with Gasteiger partial charge in [-0.15, -0.1) is 0 Å². The van der Waals surface area contributed by atoms with E-state index in [4.69, 9.17) is 4.74 Å². The Morgan fingerprint density at radius 1 is 1.53 bits per heavy atom. The molecule has 4 nitrogen and oxygen atoms in total. The number of carbonyl (C=O) groups is 1. The number of methoxy groups -OCH3 is 1. The Hall–Kier alpha value is -0.610. The molecule has 1 aliphatic heterocycles. The van der Waals surface area contributed by atoms with Gasteiger partial charge in [0, 0.05) is 20.2 Å². The molecule has 0 aliphatic carbocycles. The molecule has 0 aromatic carbocycles. The second-order valence-electron chi connectivity index (χ2n) is 5.88. The van der Waals surface area contributed by atoms with Crippen LogP contribution in [-0.4, -0.2) is 38.8 Å². The normalized spacial score (nSPS) is 23.2. The molecule has 1 fully saturated rings. The predicted molar refractivity (Wildman–Crippen MR) is 68.9 cm³/mol. The third-order valence-corrected chi connectivity index (χ3v) is 3.38. The zero-order valence-corrected chi connectivity index (χ0v) is 11.5. The molecule has 0 bridgehead atoms. The van der Waals surface area contributed by atoms with Crippen molar-refractivity contribution in [3.8, 4) is 0 Å². The van der Waals surface area contributed by atoms with E-state index in [0.29, 0.717) is 6.54 Å². The van der Waals surface area contributed by atoms with E-state index in [-0.39, 0.29) is 23.3 Å². The van der Waals surface area contributed by atoms with Crippen molar-refractivity contribution in [3.05, 3.63) is 0 Å². The molecular formula is C13H26N2O2. The highest BCUT2D eigenvalue weighted by Gasteiger charge is 2.26. The molecule has 0 radical (unpaired) electrons. The summed E-state index contributed by atoms with van der Waals surface area (Å²) in [5.74, 6) is 0.282. The van der Waals surface area contributed by atoms with Gasteiger partial charge in [-0.25, -0.2) is 0 Å². The molecule has 0 spiro atoms. The summed E-state index contributed by atoms with van der Waals surface area (Å²) in [6, 6.07) is 0. The Labute approximate surface area is 104 Å². The molecule has 1 aliphatic rings. The largest absolute Gasteiger partial charge is 0.379 e. The third kappa shape index (κ3) is 4.64. The average Bonchev–Trinajstić information content (AvgIpc) is 2.29. The maximum atomic E-state index is 11.9. The van der Waals surface area contributed by atoms with Crippen molar-refractivity contribution in [2.24, 2.45) is 11.3 Å². The number of hydrogen-bond donors (Lipinski definition) is 2. The molecule has 100 valence electrons. The summed E-state index contributed by atoms with van der Waals surface area (Å²) >= 11 is 0. The Morgan fingerprint density at radius 2 is 2.24 bits per heavy atom.